The van der Waals surface area contributed by atoms with E-state index in [1.54, 1.807) is 6.07 Å². The molecule has 1 heterocycles. The van der Waals surface area contributed by atoms with Crippen molar-refractivity contribution in [2.45, 2.75) is 25.4 Å². The summed E-state index contributed by atoms with van der Waals surface area (Å²) < 4.78 is 12.9. The molecule has 1 aliphatic heterocycles. The quantitative estimate of drug-likeness (QED) is 0.818. The molecule has 1 N–H and O–H groups in total. The van der Waals surface area contributed by atoms with Crippen molar-refractivity contribution in [3.8, 4) is 0 Å². The Kier molecular flexibility index (Phi) is 3.60. The summed E-state index contributed by atoms with van der Waals surface area (Å²) in [4.78, 5) is 0. The summed E-state index contributed by atoms with van der Waals surface area (Å²) in [6.45, 7) is 1.54. The molecule has 82 valence electrons. The Hall–Kier alpha value is -0.600. The van der Waals surface area contributed by atoms with Gasteiger partial charge in [-0.3, -0.25) is 0 Å². The van der Waals surface area contributed by atoms with Gasteiger partial charge in [0.2, 0.25) is 0 Å². The largest absolute Gasteiger partial charge is 0.316 e. The van der Waals surface area contributed by atoms with Crippen molar-refractivity contribution in [1.82, 2.24) is 5.32 Å². The topological polar surface area (TPSA) is 12.0 Å². The molecule has 0 aromatic heterocycles. The predicted octanol–water partition coefficient (Wildman–Crippen LogP) is 3.28. The minimum Gasteiger partial charge on any atom is -0.316 e. The van der Waals surface area contributed by atoms with Crippen molar-refractivity contribution in [2.75, 3.05) is 13.1 Å². The molecule has 1 nitrogen and oxygen atoms in total. The van der Waals surface area contributed by atoms with Crippen molar-refractivity contribution in [1.29, 1.82) is 0 Å². The Morgan fingerprint density at radius 1 is 1.47 bits per heavy atom. The molecule has 1 atom stereocenters. The molecule has 15 heavy (non-hydrogen) atoms. The third-order valence-electron chi connectivity index (χ3n) is 3.03. The van der Waals surface area contributed by atoms with E-state index in [-0.39, 0.29) is 0 Å². The molecular formula is C12H15ClFN. The van der Waals surface area contributed by atoms with E-state index in [0.717, 1.165) is 31.5 Å². The molecule has 1 unspecified atom stereocenters. The Bertz CT molecular complexity index is 334. The first kappa shape index (κ1) is 10.9. The number of halogens is 2. The lowest BCUT2D eigenvalue weighted by Gasteiger charge is -2.25. The highest BCUT2D eigenvalue weighted by Crippen LogP contribution is 2.30. The monoisotopic (exact) mass is 227 g/mol. The molecular weight excluding hydrogens is 213 g/mol. The van der Waals surface area contributed by atoms with Crippen LogP contribution in [0.3, 0.4) is 0 Å². The molecule has 2 rings (SSSR count). The lowest BCUT2D eigenvalue weighted by atomic mass is 9.89. The normalized spacial score (nSPS) is 21.6. The molecule has 1 aliphatic rings. The molecule has 0 aliphatic carbocycles. The molecule has 0 bridgehead atoms. The molecule has 3 heteroatoms. The van der Waals surface area contributed by atoms with Gasteiger partial charge in [0, 0.05) is 17.1 Å². The van der Waals surface area contributed by atoms with Crippen LogP contribution in [-0.4, -0.2) is 13.1 Å². The van der Waals surface area contributed by atoms with Crippen LogP contribution in [0.1, 0.15) is 29.9 Å². The SMILES string of the molecule is FCc1c(Cl)cccc1C1CCCNC1. The average molecular weight is 228 g/mol. The highest BCUT2D eigenvalue weighted by Gasteiger charge is 2.19. The van der Waals surface area contributed by atoms with Gasteiger partial charge in [0.25, 0.3) is 0 Å². The zero-order valence-electron chi connectivity index (χ0n) is 8.60. The second-order valence-corrected chi connectivity index (χ2v) is 4.39. The Balaban J connectivity index is 2.29. The first-order valence-corrected chi connectivity index (χ1v) is 5.74. The lowest BCUT2D eigenvalue weighted by Crippen LogP contribution is -2.28. The molecule has 1 aromatic rings. The third-order valence-corrected chi connectivity index (χ3v) is 3.38. The van der Waals surface area contributed by atoms with Crippen LogP contribution in [0.2, 0.25) is 5.02 Å². The van der Waals surface area contributed by atoms with Gasteiger partial charge in [-0.2, -0.15) is 0 Å². The molecule has 0 radical (unpaired) electrons. The van der Waals surface area contributed by atoms with Gasteiger partial charge < -0.3 is 5.32 Å². The van der Waals surface area contributed by atoms with E-state index in [1.165, 1.54) is 0 Å². The van der Waals surface area contributed by atoms with Crippen LogP contribution in [0.25, 0.3) is 0 Å². The van der Waals surface area contributed by atoms with Gasteiger partial charge in [-0.1, -0.05) is 23.7 Å². The van der Waals surface area contributed by atoms with Crippen LogP contribution >= 0.6 is 11.6 Å². The van der Waals surface area contributed by atoms with Gasteiger partial charge >= 0.3 is 0 Å². The van der Waals surface area contributed by atoms with E-state index in [0.29, 0.717) is 16.5 Å². The Labute approximate surface area is 94.6 Å². The molecule has 1 aromatic carbocycles. The van der Waals surface area contributed by atoms with Crippen LogP contribution in [0.15, 0.2) is 18.2 Å². The van der Waals surface area contributed by atoms with Gasteiger partial charge in [-0.05, 0) is 36.9 Å². The van der Waals surface area contributed by atoms with Crippen LogP contribution in [0.5, 0.6) is 0 Å². The summed E-state index contributed by atoms with van der Waals surface area (Å²) in [7, 11) is 0. The first-order valence-electron chi connectivity index (χ1n) is 5.37. The Morgan fingerprint density at radius 3 is 3.00 bits per heavy atom. The van der Waals surface area contributed by atoms with Gasteiger partial charge in [0.1, 0.15) is 6.67 Å². The summed E-state index contributed by atoms with van der Waals surface area (Å²) >= 11 is 5.99. The number of hydrogen-bond acceptors (Lipinski definition) is 1. The predicted molar refractivity (Wildman–Crippen MR) is 61.1 cm³/mol. The van der Waals surface area contributed by atoms with E-state index >= 15 is 0 Å². The number of rotatable bonds is 2. The summed E-state index contributed by atoms with van der Waals surface area (Å²) in [5.74, 6) is 0.420. The minimum absolute atomic E-state index is 0.420. The van der Waals surface area contributed by atoms with Crippen LogP contribution in [0.4, 0.5) is 4.39 Å². The Morgan fingerprint density at radius 2 is 2.33 bits per heavy atom. The standard InChI is InChI=1S/C12H15ClFN/c13-12-5-1-4-10(11(12)7-14)9-3-2-6-15-8-9/h1,4-5,9,15H,2-3,6-8H2. The van der Waals surface area contributed by atoms with Crippen LogP contribution < -0.4 is 5.32 Å². The lowest BCUT2D eigenvalue weighted by molar-refractivity contribution is 0.444. The maximum Gasteiger partial charge on any atom is 0.116 e. The fraction of sp³-hybridized carbons (Fsp3) is 0.500. The maximum atomic E-state index is 12.9. The van der Waals surface area contributed by atoms with Crippen molar-refractivity contribution >= 4 is 11.6 Å². The summed E-state index contributed by atoms with van der Waals surface area (Å²) in [6, 6.07) is 5.67. The average Bonchev–Trinajstić information content (AvgIpc) is 2.30. The maximum absolute atomic E-state index is 12.9. The zero-order chi connectivity index (χ0) is 10.7. The summed E-state index contributed by atoms with van der Waals surface area (Å²) in [5, 5.41) is 3.89. The molecule has 1 saturated heterocycles. The third kappa shape index (κ3) is 2.32. The number of piperidine rings is 1. The molecule has 0 saturated carbocycles. The van der Waals surface area contributed by atoms with Gasteiger partial charge in [0.05, 0.1) is 0 Å². The fourth-order valence-electron chi connectivity index (χ4n) is 2.22. The molecule has 0 spiro atoms. The van der Waals surface area contributed by atoms with E-state index < -0.39 is 6.67 Å². The smallest absolute Gasteiger partial charge is 0.116 e. The minimum atomic E-state index is -0.467. The molecule has 1 fully saturated rings. The second-order valence-electron chi connectivity index (χ2n) is 3.98. The van der Waals surface area contributed by atoms with Crippen molar-refractivity contribution in [3.63, 3.8) is 0 Å². The van der Waals surface area contributed by atoms with Crippen LogP contribution in [0, 0.1) is 0 Å². The summed E-state index contributed by atoms with van der Waals surface area (Å²) in [5.41, 5.74) is 1.75. The van der Waals surface area contributed by atoms with Crippen molar-refractivity contribution in [3.05, 3.63) is 34.3 Å². The second kappa shape index (κ2) is 4.95. The zero-order valence-corrected chi connectivity index (χ0v) is 9.36. The van der Waals surface area contributed by atoms with Gasteiger partial charge in [-0.25, -0.2) is 4.39 Å². The van der Waals surface area contributed by atoms with Crippen LogP contribution in [-0.2, 0) is 6.67 Å². The molecule has 0 amide bonds. The van der Waals surface area contributed by atoms with E-state index in [4.69, 9.17) is 11.6 Å². The highest BCUT2D eigenvalue weighted by atomic mass is 35.5. The number of alkyl halides is 1. The van der Waals surface area contributed by atoms with Crippen molar-refractivity contribution < 1.29 is 4.39 Å². The number of hydrogen-bond donors (Lipinski definition) is 1. The highest BCUT2D eigenvalue weighted by molar-refractivity contribution is 6.31. The van der Waals surface area contributed by atoms with E-state index in [1.807, 2.05) is 12.1 Å². The van der Waals surface area contributed by atoms with E-state index in [2.05, 4.69) is 5.32 Å². The number of nitrogens with one attached hydrogen (secondary N) is 1. The van der Waals surface area contributed by atoms with Gasteiger partial charge in [0.15, 0.2) is 0 Å². The number of benzene rings is 1. The summed E-state index contributed by atoms with van der Waals surface area (Å²) in [6.07, 6.45) is 2.28. The first-order chi connectivity index (χ1) is 7.33. The van der Waals surface area contributed by atoms with Gasteiger partial charge in [-0.15, -0.1) is 0 Å². The fourth-order valence-corrected chi connectivity index (χ4v) is 2.45. The van der Waals surface area contributed by atoms with E-state index in [9.17, 15) is 4.39 Å². The van der Waals surface area contributed by atoms with Crippen molar-refractivity contribution in [2.24, 2.45) is 0 Å².